The van der Waals surface area contributed by atoms with Gasteiger partial charge in [0.15, 0.2) is 0 Å². The monoisotopic (exact) mass is 334 g/mol. The number of anilines is 1. The first-order chi connectivity index (χ1) is 10.9. The van der Waals surface area contributed by atoms with Crippen LogP contribution in [0.5, 0.6) is 0 Å². The Morgan fingerprint density at radius 3 is 2.57 bits per heavy atom. The van der Waals surface area contributed by atoms with Gasteiger partial charge in [0, 0.05) is 0 Å². The lowest BCUT2D eigenvalue weighted by atomic mass is 10.2. The van der Waals surface area contributed by atoms with E-state index in [1.807, 2.05) is 6.07 Å². The topological polar surface area (TPSA) is 81.4 Å². The summed E-state index contributed by atoms with van der Waals surface area (Å²) in [6.45, 7) is 0.965. The van der Waals surface area contributed by atoms with Gasteiger partial charge < -0.3 is 5.11 Å². The molecular formula is C16H15FN2O3S. The smallest absolute Gasteiger partial charge is 0.264 e. The quantitative estimate of drug-likeness (QED) is 0.909. The molecule has 0 saturated carbocycles. The standard InChI is InChI=1S/C16H15FN2O3S/c1-12-9-13(11-18)5-6-16(12)23(21,22)19(7-8-20)15-4-2-3-14(17)10-15/h2-6,9-10,20H,7-8H2,1H3. The Morgan fingerprint density at radius 1 is 1.26 bits per heavy atom. The van der Waals surface area contributed by atoms with Crippen molar-refractivity contribution in [2.45, 2.75) is 11.8 Å². The van der Waals surface area contributed by atoms with Gasteiger partial charge in [0.25, 0.3) is 10.0 Å². The minimum atomic E-state index is -3.99. The van der Waals surface area contributed by atoms with Crippen molar-refractivity contribution in [3.05, 3.63) is 59.4 Å². The molecule has 2 rings (SSSR count). The number of aryl methyl sites for hydroxylation is 1. The molecule has 0 unspecified atom stereocenters. The zero-order valence-electron chi connectivity index (χ0n) is 12.4. The van der Waals surface area contributed by atoms with Crippen molar-refractivity contribution in [1.29, 1.82) is 5.26 Å². The van der Waals surface area contributed by atoms with E-state index in [2.05, 4.69) is 0 Å². The highest BCUT2D eigenvalue weighted by Gasteiger charge is 2.26. The number of hydrogen-bond donors (Lipinski definition) is 1. The average Bonchev–Trinajstić information content (AvgIpc) is 2.51. The van der Waals surface area contributed by atoms with E-state index in [0.717, 1.165) is 10.4 Å². The molecule has 0 saturated heterocycles. The number of benzene rings is 2. The number of sulfonamides is 1. The molecule has 5 nitrogen and oxygen atoms in total. The highest BCUT2D eigenvalue weighted by atomic mass is 32.2. The Hall–Kier alpha value is -2.43. The molecule has 2 aromatic carbocycles. The first-order valence-corrected chi connectivity index (χ1v) is 8.24. The van der Waals surface area contributed by atoms with Crippen molar-refractivity contribution in [3.8, 4) is 6.07 Å². The number of aliphatic hydroxyl groups is 1. The predicted octanol–water partition coefficient (Wildman–Crippen LogP) is 2.19. The Morgan fingerprint density at radius 2 is 2.00 bits per heavy atom. The van der Waals surface area contributed by atoms with E-state index in [-0.39, 0.29) is 17.1 Å². The highest BCUT2D eigenvalue weighted by molar-refractivity contribution is 7.92. The van der Waals surface area contributed by atoms with Crippen molar-refractivity contribution >= 4 is 15.7 Å². The van der Waals surface area contributed by atoms with Crippen LogP contribution >= 0.6 is 0 Å². The lowest BCUT2D eigenvalue weighted by molar-refractivity contribution is 0.306. The molecule has 23 heavy (non-hydrogen) atoms. The second-order valence-corrected chi connectivity index (χ2v) is 6.70. The minimum Gasteiger partial charge on any atom is -0.394 e. The third-order valence-corrected chi connectivity index (χ3v) is 5.26. The van der Waals surface area contributed by atoms with Gasteiger partial charge in [-0.3, -0.25) is 4.31 Å². The fraction of sp³-hybridized carbons (Fsp3) is 0.188. The molecular weight excluding hydrogens is 319 g/mol. The van der Waals surface area contributed by atoms with Crippen LogP contribution in [-0.2, 0) is 10.0 Å². The van der Waals surface area contributed by atoms with Crippen LogP contribution in [0.1, 0.15) is 11.1 Å². The van der Waals surface area contributed by atoms with Crippen LogP contribution < -0.4 is 4.31 Å². The summed E-state index contributed by atoms with van der Waals surface area (Å²) in [5.41, 5.74) is 0.882. The lowest BCUT2D eigenvalue weighted by Crippen LogP contribution is -2.34. The van der Waals surface area contributed by atoms with E-state index in [0.29, 0.717) is 11.1 Å². The third-order valence-electron chi connectivity index (χ3n) is 3.27. The SMILES string of the molecule is Cc1cc(C#N)ccc1S(=O)(=O)N(CCO)c1cccc(F)c1. The van der Waals surface area contributed by atoms with Crippen molar-refractivity contribution in [1.82, 2.24) is 0 Å². The number of aliphatic hydroxyl groups excluding tert-OH is 1. The van der Waals surface area contributed by atoms with Crippen LogP contribution in [0.15, 0.2) is 47.4 Å². The van der Waals surface area contributed by atoms with Crippen LogP contribution in [0.3, 0.4) is 0 Å². The molecule has 0 atom stereocenters. The van der Waals surface area contributed by atoms with Crippen LogP contribution in [-0.4, -0.2) is 26.7 Å². The number of rotatable bonds is 5. The van der Waals surface area contributed by atoms with Crippen LogP contribution in [0, 0.1) is 24.1 Å². The van der Waals surface area contributed by atoms with Gasteiger partial charge in [-0.05, 0) is 48.9 Å². The highest BCUT2D eigenvalue weighted by Crippen LogP contribution is 2.26. The minimum absolute atomic E-state index is 0.00853. The molecule has 0 aromatic heterocycles. The largest absolute Gasteiger partial charge is 0.394 e. The number of nitriles is 1. The van der Waals surface area contributed by atoms with Crippen LogP contribution in [0.4, 0.5) is 10.1 Å². The maximum atomic E-state index is 13.4. The molecule has 0 aliphatic heterocycles. The summed E-state index contributed by atoms with van der Waals surface area (Å²) >= 11 is 0. The lowest BCUT2D eigenvalue weighted by Gasteiger charge is -2.24. The van der Waals surface area contributed by atoms with E-state index in [9.17, 15) is 17.9 Å². The predicted molar refractivity (Wildman–Crippen MR) is 83.9 cm³/mol. The normalized spacial score (nSPS) is 11.0. The summed E-state index contributed by atoms with van der Waals surface area (Å²) in [6.07, 6.45) is 0. The molecule has 2 aromatic rings. The molecule has 0 aliphatic carbocycles. The first kappa shape index (κ1) is 16.9. The van der Waals surface area contributed by atoms with Crippen LogP contribution in [0.2, 0.25) is 0 Å². The molecule has 0 bridgehead atoms. The van der Waals surface area contributed by atoms with E-state index >= 15 is 0 Å². The Kier molecular flexibility index (Phi) is 4.98. The van der Waals surface area contributed by atoms with Gasteiger partial charge in [-0.2, -0.15) is 5.26 Å². The Balaban J connectivity index is 2.56. The number of hydrogen-bond acceptors (Lipinski definition) is 4. The molecule has 0 radical (unpaired) electrons. The van der Waals surface area contributed by atoms with Crippen molar-refractivity contribution in [2.24, 2.45) is 0 Å². The molecule has 0 aliphatic rings. The Bertz CT molecular complexity index is 860. The molecule has 0 fully saturated rings. The number of halogens is 1. The van der Waals surface area contributed by atoms with E-state index in [4.69, 9.17) is 5.26 Å². The summed E-state index contributed by atoms with van der Waals surface area (Å²) in [5, 5.41) is 18.1. The summed E-state index contributed by atoms with van der Waals surface area (Å²) < 4.78 is 40.1. The van der Waals surface area contributed by atoms with Gasteiger partial charge in [0.1, 0.15) is 5.82 Å². The zero-order valence-corrected chi connectivity index (χ0v) is 13.2. The second-order valence-electron chi connectivity index (χ2n) is 4.87. The molecule has 120 valence electrons. The van der Waals surface area contributed by atoms with Gasteiger partial charge in [-0.25, -0.2) is 12.8 Å². The van der Waals surface area contributed by atoms with Gasteiger partial charge >= 0.3 is 0 Å². The van der Waals surface area contributed by atoms with Gasteiger partial charge in [0.2, 0.25) is 0 Å². The fourth-order valence-electron chi connectivity index (χ4n) is 2.24. The Labute approximate surface area is 134 Å². The molecule has 1 N–H and O–H groups in total. The molecule has 0 heterocycles. The van der Waals surface area contributed by atoms with E-state index in [1.165, 1.54) is 36.4 Å². The fourth-order valence-corrected chi connectivity index (χ4v) is 3.89. The zero-order chi connectivity index (χ0) is 17.0. The van der Waals surface area contributed by atoms with E-state index in [1.54, 1.807) is 6.92 Å². The van der Waals surface area contributed by atoms with E-state index < -0.39 is 22.4 Å². The molecule has 0 spiro atoms. The molecule has 7 heteroatoms. The maximum Gasteiger partial charge on any atom is 0.264 e. The summed E-state index contributed by atoms with van der Waals surface area (Å²) in [7, 11) is -3.99. The van der Waals surface area contributed by atoms with Gasteiger partial charge in [-0.1, -0.05) is 6.07 Å². The summed E-state index contributed by atoms with van der Waals surface area (Å²) in [4.78, 5) is 0.00853. The summed E-state index contributed by atoms with van der Waals surface area (Å²) in [6, 6.07) is 11.3. The van der Waals surface area contributed by atoms with Crippen molar-refractivity contribution in [2.75, 3.05) is 17.5 Å². The van der Waals surface area contributed by atoms with Crippen LogP contribution in [0.25, 0.3) is 0 Å². The van der Waals surface area contributed by atoms with Crippen molar-refractivity contribution < 1.29 is 17.9 Å². The maximum absolute atomic E-state index is 13.4. The van der Waals surface area contributed by atoms with Gasteiger partial charge in [0.05, 0.1) is 35.4 Å². The first-order valence-electron chi connectivity index (χ1n) is 6.80. The average molecular weight is 334 g/mol. The molecule has 0 amide bonds. The van der Waals surface area contributed by atoms with Crippen molar-refractivity contribution in [3.63, 3.8) is 0 Å². The van der Waals surface area contributed by atoms with Gasteiger partial charge in [-0.15, -0.1) is 0 Å². The third kappa shape index (κ3) is 3.50. The summed E-state index contributed by atoms with van der Waals surface area (Å²) in [5.74, 6) is -0.572. The second kappa shape index (κ2) is 6.77. The number of nitrogens with zero attached hydrogens (tertiary/aromatic N) is 2.